The summed E-state index contributed by atoms with van der Waals surface area (Å²) in [7, 11) is 8.04. The Kier molecular flexibility index (Phi) is 25.3. The van der Waals surface area contributed by atoms with Crippen LogP contribution in [0.15, 0.2) is 97.2 Å². The van der Waals surface area contributed by atoms with E-state index in [0.29, 0.717) is 97.0 Å². The molecule has 0 spiro atoms. The number of nitrogens with two attached hydrogens (primary N) is 1. The Morgan fingerprint density at radius 1 is 0.764 bits per heavy atom. The van der Waals surface area contributed by atoms with Crippen molar-refractivity contribution >= 4 is 97.6 Å². The summed E-state index contributed by atoms with van der Waals surface area (Å²) in [6, 6.07) is 20.0. The van der Waals surface area contributed by atoms with Crippen LogP contribution in [-0.4, -0.2) is 190 Å². The van der Waals surface area contributed by atoms with Crippen LogP contribution in [0, 0.1) is 29.1 Å². The fraction of sp³-hybridized carbons (Fsp3) is 0.519. The Morgan fingerprint density at radius 2 is 1.49 bits per heavy atom. The number of anilines is 3. The number of carboxylic acid groups (broad SMARTS) is 1. The number of unbranched alkanes of at least 4 members (excludes halogenated alkanes) is 3. The van der Waals surface area contributed by atoms with Crippen LogP contribution in [0.1, 0.15) is 167 Å². The smallest absolute Gasteiger partial charge is 0.408 e. The zero-order valence-electron chi connectivity index (χ0n) is 64.6. The summed E-state index contributed by atoms with van der Waals surface area (Å²) >= 11 is 1.41. The van der Waals surface area contributed by atoms with Crippen LogP contribution in [0.3, 0.4) is 0 Å². The summed E-state index contributed by atoms with van der Waals surface area (Å²) < 4.78 is 16.6. The molecule has 3 aromatic carbocycles. The van der Waals surface area contributed by atoms with Crippen LogP contribution in [-0.2, 0) is 64.4 Å². The molecule has 4 bridgehead atoms. The fourth-order valence-corrected chi connectivity index (χ4v) is 18.7. The fourth-order valence-electron chi connectivity index (χ4n) is 17.8. The van der Waals surface area contributed by atoms with Crippen molar-refractivity contribution in [2.45, 2.75) is 181 Å². The minimum absolute atomic E-state index is 0.0214. The lowest BCUT2D eigenvalue weighted by atomic mass is 9.39. The van der Waals surface area contributed by atoms with Gasteiger partial charge in [-0.25, -0.2) is 24.4 Å². The van der Waals surface area contributed by atoms with Gasteiger partial charge in [-0.3, -0.25) is 48.5 Å². The Hall–Kier alpha value is -10.1. The Bertz CT molecular complexity index is 4400. The van der Waals surface area contributed by atoms with Crippen molar-refractivity contribution in [1.82, 2.24) is 50.8 Å². The van der Waals surface area contributed by atoms with Gasteiger partial charge in [0.2, 0.25) is 23.6 Å². The molecule has 6 aliphatic rings. The monoisotopic (exact) mass is 1530 g/mol. The molecular weight excluding hydrogens is 1420 g/mol. The van der Waals surface area contributed by atoms with Crippen molar-refractivity contribution in [2.75, 3.05) is 83.1 Å². The van der Waals surface area contributed by atoms with Gasteiger partial charge >= 0.3 is 18.1 Å². The molecule has 4 fully saturated rings. The van der Waals surface area contributed by atoms with Gasteiger partial charge in [0.1, 0.15) is 30.6 Å². The zero-order valence-corrected chi connectivity index (χ0v) is 65.5. The standard InChI is InChI=1S/C81H105N15O13S/c1-51(2)68(90-65(97)25-11-10-15-36-94-66(98)32-33-67(94)99)72(102)86-61(23-18-35-83-75(82)106)71(101)85-55-28-26-53(27-29-55)43-108-77(107)88-62(22-14-16-39-96(7,8)9)73(103)92(6)38-40-109-81-47-78(4)44-79(5,48-81)46-80(45-78,49-81)50-95-52(3)58(41-84-95)56-30-31-64(89-69(56)74(104)105)93-37-34-54-19-17-20-57(59(54)42-93)70(100)91-76-87-60-21-12-13-24-63(60)110-76/h12-13,17,19-21,24,26-33,41,51,61-62,68H,10-11,14-16,18,22-23,25,34-40,42-50H2,1-9H3,(H8-,82,83,85,86,87,88,90,91,97,100,101,102,104,105,106,107)/p+1/t61-,62-,68-,78?,79?,80?,81?/m0/s1. The maximum atomic E-state index is 14.5. The molecule has 2 unspecified atom stereocenters. The van der Waals surface area contributed by atoms with Crippen LogP contribution in [0.2, 0.25) is 0 Å². The molecule has 12 rings (SSSR count). The van der Waals surface area contributed by atoms with E-state index in [1.54, 1.807) is 56.3 Å². The number of benzene rings is 3. The van der Waals surface area contributed by atoms with Gasteiger partial charge in [0, 0.05) is 93.0 Å². The maximum absolute atomic E-state index is 14.5. The molecule has 0 saturated heterocycles. The van der Waals surface area contributed by atoms with Gasteiger partial charge in [-0.2, -0.15) is 5.10 Å². The Morgan fingerprint density at radius 3 is 2.19 bits per heavy atom. The Balaban J connectivity index is 0.682. The van der Waals surface area contributed by atoms with Gasteiger partial charge < -0.3 is 61.2 Å². The molecule has 0 radical (unpaired) electrons. The number of carboxylic acids is 1. The normalized spacial score (nSPS) is 20.6. The number of thiazole rings is 1. The minimum Gasteiger partial charge on any atom is -0.476 e. The van der Waals surface area contributed by atoms with Gasteiger partial charge in [-0.15, -0.1) is 0 Å². The van der Waals surface area contributed by atoms with E-state index >= 15 is 0 Å². The van der Waals surface area contributed by atoms with Crippen molar-refractivity contribution in [3.63, 3.8) is 0 Å². The molecule has 4 saturated carbocycles. The van der Waals surface area contributed by atoms with Gasteiger partial charge in [-0.1, -0.05) is 81.9 Å². The number of alkyl carbamates (subject to hydrolysis) is 1. The highest BCUT2D eigenvalue weighted by molar-refractivity contribution is 7.22. The van der Waals surface area contributed by atoms with Crippen molar-refractivity contribution in [3.05, 3.63) is 131 Å². The number of primary amides is 1. The van der Waals surface area contributed by atoms with E-state index in [2.05, 4.69) is 71.9 Å². The molecule has 4 aliphatic carbocycles. The quantitative estimate of drug-likeness (QED) is 0.0103. The van der Waals surface area contributed by atoms with Gasteiger partial charge in [0.05, 0.1) is 56.3 Å². The number of aromatic nitrogens is 4. The lowest BCUT2D eigenvalue weighted by Crippen LogP contribution is -2.64. The first-order valence-corrected chi connectivity index (χ1v) is 39.1. The molecule has 9 N–H and O–H groups in total. The van der Waals surface area contributed by atoms with Crippen molar-refractivity contribution in [1.29, 1.82) is 0 Å². The van der Waals surface area contributed by atoms with E-state index in [9.17, 15) is 53.1 Å². The van der Waals surface area contributed by atoms with Crippen LogP contribution >= 0.6 is 11.3 Å². The number of nitrogens with one attached hydrogen (secondary N) is 6. The van der Waals surface area contributed by atoms with E-state index < -0.39 is 53.6 Å². The van der Waals surface area contributed by atoms with E-state index in [0.717, 1.165) is 87.9 Å². The van der Waals surface area contributed by atoms with Crippen LogP contribution < -0.4 is 42.5 Å². The van der Waals surface area contributed by atoms with E-state index in [1.807, 2.05) is 71.1 Å². The third kappa shape index (κ3) is 20.3. The summed E-state index contributed by atoms with van der Waals surface area (Å²) in [6.07, 6.45) is 13.5. The number of pyridine rings is 1. The molecule has 110 heavy (non-hydrogen) atoms. The number of carbonyl (C=O) groups excluding carboxylic acids is 9. The lowest BCUT2D eigenvalue weighted by molar-refractivity contribution is -0.870. The number of carbonyl (C=O) groups is 10. The topological polar surface area (TPSA) is 361 Å². The molecule has 5 atom stereocenters. The molecule has 3 aromatic heterocycles. The number of para-hydroxylation sites is 1. The molecular formula is C81H106N15O13S+. The number of rotatable bonds is 36. The number of fused-ring (bicyclic) bond motifs is 2. The first-order valence-electron chi connectivity index (χ1n) is 38.3. The predicted molar refractivity (Wildman–Crippen MR) is 417 cm³/mol. The average molecular weight is 1530 g/mol. The number of hydrogen-bond acceptors (Lipinski definition) is 17. The van der Waals surface area contributed by atoms with E-state index in [-0.39, 0.29) is 110 Å². The minimum atomic E-state index is -1.16. The maximum Gasteiger partial charge on any atom is 0.408 e. The highest BCUT2D eigenvalue weighted by Gasteiger charge is 2.66. The summed E-state index contributed by atoms with van der Waals surface area (Å²) in [5.41, 5.74) is 10.7. The Labute approximate surface area is 646 Å². The lowest BCUT2D eigenvalue weighted by Gasteiger charge is -2.69. The van der Waals surface area contributed by atoms with Gasteiger partial charge in [-0.05, 0) is 178 Å². The number of amides is 10. The van der Waals surface area contributed by atoms with E-state index in [1.165, 1.54) is 23.5 Å². The number of aromatic carboxylic acids is 1. The van der Waals surface area contributed by atoms with Crippen molar-refractivity contribution < 1.29 is 67.0 Å². The van der Waals surface area contributed by atoms with Crippen LogP contribution in [0.5, 0.6) is 0 Å². The largest absolute Gasteiger partial charge is 0.476 e. The summed E-state index contributed by atoms with van der Waals surface area (Å²) in [6.45, 7) is 13.4. The number of ether oxygens (including phenoxy) is 2. The first kappa shape index (κ1) is 80.9. The number of urea groups is 1. The molecule has 10 amide bonds. The summed E-state index contributed by atoms with van der Waals surface area (Å²) in [5.74, 6) is -3.81. The number of hydrogen-bond donors (Lipinski definition) is 8. The molecule has 588 valence electrons. The van der Waals surface area contributed by atoms with Gasteiger partial charge in [0.25, 0.3) is 17.7 Å². The molecule has 6 aromatic rings. The number of nitrogens with zero attached hydrogens (tertiary/aromatic N) is 8. The highest BCUT2D eigenvalue weighted by atomic mass is 32.1. The molecule has 28 nitrogen and oxygen atoms in total. The SMILES string of the molecule is Cc1c(-c2ccc(N3CCc4cccc(C(=O)Nc5nc6ccccc6s5)c4C3)nc2C(=O)O)cnn1CC12CC3(C)CC(C)(C1)CC(OCCN(C)C(=O)[C@H](CCCC[N+](C)(C)C)NC(=O)OCc1ccc(NC(=O)[C@H](CCCNC(N)=O)NC(=O)[C@@H](NC(=O)CCCCCN4C(=O)C=CC4=O)C(C)C)cc1)(C3)C2. The summed E-state index contributed by atoms with van der Waals surface area (Å²) in [5, 5.41) is 33.1. The summed E-state index contributed by atoms with van der Waals surface area (Å²) in [4.78, 5) is 146. The number of likely N-dealkylation sites (N-methyl/N-ethyl adjacent to an activating group) is 1. The zero-order chi connectivity index (χ0) is 78.9. The van der Waals surface area contributed by atoms with Crippen LogP contribution in [0.25, 0.3) is 21.3 Å². The number of quaternary nitrogens is 1. The predicted octanol–water partition coefficient (Wildman–Crippen LogP) is 9.64. The van der Waals surface area contributed by atoms with Gasteiger partial charge in [0.15, 0.2) is 10.8 Å². The second-order valence-corrected chi connectivity index (χ2v) is 34.0. The second-order valence-electron chi connectivity index (χ2n) is 32.9. The molecule has 29 heteroatoms. The highest BCUT2D eigenvalue weighted by Crippen LogP contribution is 2.72. The average Bonchev–Trinajstić information content (AvgIpc) is 0.925. The third-order valence-electron chi connectivity index (χ3n) is 22.0. The first-order chi connectivity index (χ1) is 52.3. The molecule has 5 heterocycles. The molecule has 2 aliphatic heterocycles. The second kappa shape index (κ2) is 34.4. The van der Waals surface area contributed by atoms with E-state index in [4.69, 9.17) is 25.3 Å². The van der Waals surface area contributed by atoms with Crippen molar-refractivity contribution in [3.8, 4) is 11.1 Å². The number of imide groups is 1. The van der Waals surface area contributed by atoms with Crippen molar-refractivity contribution in [2.24, 2.45) is 27.9 Å². The third-order valence-corrected chi connectivity index (χ3v) is 22.9. The van der Waals surface area contributed by atoms with Crippen LogP contribution in [0.4, 0.5) is 26.2 Å².